The normalized spacial score (nSPS) is 12.3. The summed E-state index contributed by atoms with van der Waals surface area (Å²) in [5.41, 5.74) is 5.89. The second kappa shape index (κ2) is 5.05. The van der Waals surface area contributed by atoms with Crippen LogP contribution in [0.4, 0.5) is 4.39 Å². The van der Waals surface area contributed by atoms with Crippen molar-refractivity contribution in [2.75, 3.05) is 0 Å². The van der Waals surface area contributed by atoms with E-state index >= 15 is 0 Å². The molecule has 0 saturated heterocycles. The Hall–Kier alpha value is -1.75. The van der Waals surface area contributed by atoms with Crippen LogP contribution in [-0.2, 0) is 6.42 Å². The van der Waals surface area contributed by atoms with Gasteiger partial charge in [0.1, 0.15) is 11.9 Å². The van der Waals surface area contributed by atoms with E-state index in [-0.39, 0.29) is 12.1 Å². The first kappa shape index (κ1) is 11.7. The Morgan fingerprint density at radius 2 is 2.12 bits per heavy atom. The van der Waals surface area contributed by atoms with E-state index in [1.54, 1.807) is 29.6 Å². The van der Waals surface area contributed by atoms with Gasteiger partial charge in [-0.15, -0.1) is 11.3 Å². The van der Waals surface area contributed by atoms with Gasteiger partial charge in [0.05, 0.1) is 5.01 Å². The number of amides is 1. The Balaban J connectivity index is 2.08. The zero-order valence-electron chi connectivity index (χ0n) is 8.97. The third-order valence-electron chi connectivity index (χ3n) is 2.32. The molecule has 1 unspecified atom stereocenters. The summed E-state index contributed by atoms with van der Waals surface area (Å²) in [7, 11) is 0. The Morgan fingerprint density at radius 1 is 1.41 bits per heavy atom. The Kier molecular flexibility index (Phi) is 3.49. The van der Waals surface area contributed by atoms with Crippen LogP contribution in [0.25, 0.3) is 0 Å². The van der Waals surface area contributed by atoms with E-state index in [0.717, 1.165) is 0 Å². The van der Waals surface area contributed by atoms with Gasteiger partial charge < -0.3 is 5.73 Å². The van der Waals surface area contributed by atoms with Crippen LogP contribution in [0.15, 0.2) is 35.7 Å². The summed E-state index contributed by atoms with van der Waals surface area (Å²) in [6.45, 7) is 0. The average Bonchev–Trinajstić information content (AvgIpc) is 2.79. The van der Waals surface area contributed by atoms with E-state index in [1.807, 2.05) is 6.07 Å². The summed E-state index contributed by atoms with van der Waals surface area (Å²) >= 11 is 1.25. The van der Waals surface area contributed by atoms with Crippen LogP contribution in [0.1, 0.15) is 27.2 Å². The lowest BCUT2D eigenvalue weighted by Crippen LogP contribution is -2.11. The van der Waals surface area contributed by atoms with E-state index in [1.165, 1.54) is 11.3 Å². The molecular formula is C12H11FN2OS. The summed E-state index contributed by atoms with van der Waals surface area (Å²) in [6, 6.07) is 8.88. The molecule has 17 heavy (non-hydrogen) atoms. The van der Waals surface area contributed by atoms with Crippen LogP contribution in [0.2, 0.25) is 0 Å². The molecule has 1 aromatic heterocycles. The first-order valence-electron chi connectivity index (χ1n) is 5.10. The topological polar surface area (TPSA) is 56.0 Å². The maximum Gasteiger partial charge on any atom is 0.268 e. The molecule has 2 rings (SSSR count). The molecule has 1 amide bonds. The monoisotopic (exact) mass is 250 g/mol. The van der Waals surface area contributed by atoms with Gasteiger partial charge in [-0.25, -0.2) is 9.37 Å². The van der Waals surface area contributed by atoms with Crippen molar-refractivity contribution < 1.29 is 9.18 Å². The number of halogens is 1. The largest absolute Gasteiger partial charge is 0.364 e. The number of nitrogens with two attached hydrogens (primary N) is 1. The molecule has 88 valence electrons. The molecule has 0 saturated carbocycles. The minimum absolute atomic E-state index is 0.169. The average molecular weight is 250 g/mol. The summed E-state index contributed by atoms with van der Waals surface area (Å²) in [4.78, 5) is 14.8. The molecule has 0 spiro atoms. The first-order valence-corrected chi connectivity index (χ1v) is 5.98. The molecule has 0 fully saturated rings. The predicted octanol–water partition coefficient (Wildman–Crippen LogP) is 2.50. The number of benzene rings is 1. The van der Waals surface area contributed by atoms with Gasteiger partial charge in [-0.1, -0.05) is 30.3 Å². The second-order valence-electron chi connectivity index (χ2n) is 3.57. The molecule has 0 bridgehead atoms. The maximum absolute atomic E-state index is 13.9. The molecule has 0 radical (unpaired) electrons. The van der Waals surface area contributed by atoms with E-state index in [4.69, 9.17) is 5.73 Å². The van der Waals surface area contributed by atoms with Crippen LogP contribution in [0.5, 0.6) is 0 Å². The number of carbonyl (C=O) groups excluding carboxylic acids is 1. The molecule has 0 aliphatic heterocycles. The van der Waals surface area contributed by atoms with Crippen molar-refractivity contribution in [1.82, 2.24) is 4.98 Å². The van der Waals surface area contributed by atoms with Gasteiger partial charge >= 0.3 is 0 Å². The van der Waals surface area contributed by atoms with E-state index in [9.17, 15) is 9.18 Å². The van der Waals surface area contributed by atoms with Crippen molar-refractivity contribution in [3.8, 4) is 0 Å². The van der Waals surface area contributed by atoms with Gasteiger partial charge in [-0.2, -0.15) is 0 Å². The van der Waals surface area contributed by atoms with Crippen molar-refractivity contribution in [3.05, 3.63) is 52.0 Å². The number of aromatic nitrogens is 1. The highest BCUT2D eigenvalue weighted by Gasteiger charge is 2.14. The fourth-order valence-corrected chi connectivity index (χ4v) is 2.26. The fourth-order valence-electron chi connectivity index (χ4n) is 1.45. The molecule has 1 aromatic carbocycles. The van der Waals surface area contributed by atoms with Gasteiger partial charge in [-0.3, -0.25) is 4.79 Å². The summed E-state index contributed by atoms with van der Waals surface area (Å²) in [5, 5.41) is 2.13. The minimum atomic E-state index is -1.11. The highest BCUT2D eigenvalue weighted by molar-refractivity contribution is 7.09. The number of rotatable bonds is 4. The SMILES string of the molecule is NC(=O)c1csc(CC(F)c2ccccc2)n1. The quantitative estimate of drug-likeness (QED) is 0.906. The van der Waals surface area contributed by atoms with Gasteiger partial charge in [0.2, 0.25) is 0 Å². The van der Waals surface area contributed by atoms with E-state index in [2.05, 4.69) is 4.98 Å². The van der Waals surface area contributed by atoms with Crippen molar-refractivity contribution in [1.29, 1.82) is 0 Å². The zero-order chi connectivity index (χ0) is 12.3. The Morgan fingerprint density at radius 3 is 2.71 bits per heavy atom. The number of nitrogens with zero attached hydrogens (tertiary/aromatic N) is 1. The molecule has 2 N–H and O–H groups in total. The summed E-state index contributed by atoms with van der Waals surface area (Å²) < 4.78 is 13.9. The van der Waals surface area contributed by atoms with Gasteiger partial charge in [0, 0.05) is 11.8 Å². The number of hydrogen-bond donors (Lipinski definition) is 1. The van der Waals surface area contributed by atoms with Crippen LogP contribution in [0, 0.1) is 0 Å². The zero-order valence-corrected chi connectivity index (χ0v) is 9.78. The number of thiazole rings is 1. The van der Waals surface area contributed by atoms with Crippen LogP contribution < -0.4 is 5.73 Å². The third kappa shape index (κ3) is 2.88. The summed E-state index contributed by atoms with van der Waals surface area (Å²) in [5.74, 6) is -0.581. The number of alkyl halides is 1. The minimum Gasteiger partial charge on any atom is -0.364 e. The Labute approximate surface area is 102 Å². The van der Waals surface area contributed by atoms with E-state index < -0.39 is 12.1 Å². The van der Waals surface area contributed by atoms with Crippen molar-refractivity contribution in [2.45, 2.75) is 12.6 Å². The summed E-state index contributed by atoms with van der Waals surface area (Å²) in [6.07, 6.45) is -0.940. The highest BCUT2D eigenvalue weighted by Crippen LogP contribution is 2.23. The first-order chi connectivity index (χ1) is 8.16. The molecule has 2 aromatic rings. The van der Waals surface area contributed by atoms with Crippen LogP contribution in [-0.4, -0.2) is 10.9 Å². The number of primary amides is 1. The van der Waals surface area contributed by atoms with E-state index in [0.29, 0.717) is 10.6 Å². The second-order valence-corrected chi connectivity index (χ2v) is 4.52. The molecule has 1 atom stereocenters. The maximum atomic E-state index is 13.9. The molecule has 5 heteroatoms. The standard InChI is InChI=1S/C12H11FN2OS/c13-9(8-4-2-1-3-5-8)6-11-15-10(7-17-11)12(14)16/h1-5,7,9H,6H2,(H2,14,16). The lowest BCUT2D eigenvalue weighted by atomic mass is 10.1. The van der Waals surface area contributed by atoms with Crippen molar-refractivity contribution >= 4 is 17.2 Å². The molecule has 0 aliphatic carbocycles. The Bertz CT molecular complexity index is 512. The van der Waals surface area contributed by atoms with Gasteiger partial charge in [0.25, 0.3) is 5.91 Å². The lowest BCUT2D eigenvalue weighted by molar-refractivity contribution is 0.0996. The third-order valence-corrected chi connectivity index (χ3v) is 3.19. The fraction of sp³-hybridized carbons (Fsp3) is 0.167. The number of carbonyl (C=O) groups is 1. The highest BCUT2D eigenvalue weighted by atomic mass is 32.1. The van der Waals surface area contributed by atoms with Crippen molar-refractivity contribution in [3.63, 3.8) is 0 Å². The van der Waals surface area contributed by atoms with Gasteiger partial charge in [-0.05, 0) is 5.56 Å². The van der Waals surface area contributed by atoms with Crippen LogP contribution in [0.3, 0.4) is 0 Å². The predicted molar refractivity (Wildman–Crippen MR) is 64.6 cm³/mol. The molecule has 0 aliphatic rings. The lowest BCUT2D eigenvalue weighted by Gasteiger charge is -2.05. The molecule has 3 nitrogen and oxygen atoms in total. The molecule has 1 heterocycles. The molecular weight excluding hydrogens is 239 g/mol. The number of hydrogen-bond acceptors (Lipinski definition) is 3. The van der Waals surface area contributed by atoms with Crippen LogP contribution >= 0.6 is 11.3 Å². The van der Waals surface area contributed by atoms with Crippen molar-refractivity contribution in [2.24, 2.45) is 5.73 Å². The van der Waals surface area contributed by atoms with Gasteiger partial charge in [0.15, 0.2) is 0 Å². The smallest absolute Gasteiger partial charge is 0.268 e.